The van der Waals surface area contributed by atoms with Gasteiger partial charge in [0.15, 0.2) is 17.3 Å². The van der Waals surface area contributed by atoms with E-state index in [0.717, 1.165) is 0 Å². The van der Waals surface area contributed by atoms with E-state index in [9.17, 15) is 4.79 Å². The largest absolute Gasteiger partial charge is 0.354 e. The highest BCUT2D eigenvalue weighted by Gasteiger charge is 2.13. The van der Waals surface area contributed by atoms with Gasteiger partial charge in [-0.25, -0.2) is 20.5 Å². The molecule has 0 unspecified atom stereocenters. The third kappa shape index (κ3) is 2.17. The van der Waals surface area contributed by atoms with Gasteiger partial charge in [0.05, 0.1) is 0 Å². The smallest absolute Gasteiger partial charge is 0.271 e. The fourth-order valence-electron chi connectivity index (χ4n) is 1.31. The van der Waals surface area contributed by atoms with Gasteiger partial charge in [0.2, 0.25) is 0 Å². The van der Waals surface area contributed by atoms with Gasteiger partial charge in [-0.2, -0.15) is 5.10 Å². The molecule has 2 heterocycles. The number of nitrogen functional groups attached to an aromatic ring is 1. The lowest BCUT2D eigenvalue weighted by atomic mass is 10.4. The minimum atomic E-state index is -0.267. The van der Waals surface area contributed by atoms with Gasteiger partial charge in [-0.3, -0.25) is 4.79 Å². The topological polar surface area (TPSA) is 111 Å². The van der Waals surface area contributed by atoms with Crippen molar-refractivity contribution in [3.05, 3.63) is 28.8 Å². The first-order valence-electron chi connectivity index (χ1n) is 4.92. The van der Waals surface area contributed by atoms with Crippen LogP contribution in [0, 0.1) is 0 Å². The van der Waals surface area contributed by atoms with Crippen LogP contribution in [0.5, 0.6) is 0 Å². The summed E-state index contributed by atoms with van der Waals surface area (Å²) in [5.74, 6) is 5.95. The van der Waals surface area contributed by atoms with E-state index >= 15 is 0 Å². The molecule has 0 atom stereocenters. The molecular weight excluding hydrogens is 302 g/mol. The standard InChI is InChI=1S/C9H10BrN7O/c1-12-9(18)5-2-3-17(16-5)8-6(10)7(15-11)13-4-14-8/h2-4H,11H2,1H3,(H,12,18)(H,13,14,15). The zero-order chi connectivity index (χ0) is 13.1. The summed E-state index contributed by atoms with van der Waals surface area (Å²) in [4.78, 5) is 19.4. The van der Waals surface area contributed by atoms with Gasteiger partial charge < -0.3 is 10.7 Å². The molecule has 2 rings (SSSR count). The molecular formula is C9H10BrN7O. The predicted molar refractivity (Wildman–Crippen MR) is 68.1 cm³/mol. The van der Waals surface area contributed by atoms with Crippen molar-refractivity contribution in [1.82, 2.24) is 25.1 Å². The molecule has 2 aromatic rings. The van der Waals surface area contributed by atoms with Crippen molar-refractivity contribution >= 4 is 27.7 Å². The first-order valence-corrected chi connectivity index (χ1v) is 5.72. The minimum absolute atomic E-state index is 0.267. The van der Waals surface area contributed by atoms with Crippen LogP contribution in [-0.4, -0.2) is 32.7 Å². The van der Waals surface area contributed by atoms with Gasteiger partial charge in [0.25, 0.3) is 5.91 Å². The molecule has 0 radical (unpaired) electrons. The van der Waals surface area contributed by atoms with Crippen LogP contribution in [0.2, 0.25) is 0 Å². The maximum Gasteiger partial charge on any atom is 0.271 e. The van der Waals surface area contributed by atoms with Crippen LogP contribution in [0.1, 0.15) is 10.5 Å². The molecule has 0 aliphatic carbocycles. The lowest BCUT2D eigenvalue weighted by molar-refractivity contribution is 0.0957. The number of nitrogens with zero attached hydrogens (tertiary/aromatic N) is 4. The summed E-state index contributed by atoms with van der Waals surface area (Å²) in [6, 6.07) is 1.59. The zero-order valence-corrected chi connectivity index (χ0v) is 11.0. The quantitative estimate of drug-likeness (QED) is 0.546. The summed E-state index contributed by atoms with van der Waals surface area (Å²) in [5, 5.41) is 6.59. The molecule has 0 bridgehead atoms. The monoisotopic (exact) mass is 311 g/mol. The summed E-state index contributed by atoms with van der Waals surface area (Å²) in [6.07, 6.45) is 2.97. The Kier molecular flexibility index (Phi) is 3.53. The van der Waals surface area contributed by atoms with Crippen LogP contribution >= 0.6 is 15.9 Å². The molecule has 1 amide bonds. The highest BCUT2D eigenvalue weighted by molar-refractivity contribution is 9.10. The molecule has 2 aromatic heterocycles. The van der Waals surface area contributed by atoms with Gasteiger partial charge in [-0.1, -0.05) is 0 Å². The fraction of sp³-hybridized carbons (Fsp3) is 0.111. The molecule has 0 aromatic carbocycles. The Morgan fingerprint density at radius 3 is 2.94 bits per heavy atom. The molecule has 94 valence electrons. The molecule has 18 heavy (non-hydrogen) atoms. The summed E-state index contributed by atoms with van der Waals surface area (Å²) >= 11 is 3.31. The number of aromatic nitrogens is 4. The van der Waals surface area contributed by atoms with Gasteiger partial charge in [-0.05, 0) is 22.0 Å². The molecule has 9 heteroatoms. The lowest BCUT2D eigenvalue weighted by Gasteiger charge is -2.06. The highest BCUT2D eigenvalue weighted by atomic mass is 79.9. The number of nitrogens with one attached hydrogen (secondary N) is 2. The van der Waals surface area contributed by atoms with Crippen molar-refractivity contribution in [1.29, 1.82) is 0 Å². The summed E-state index contributed by atoms with van der Waals surface area (Å²) in [7, 11) is 1.54. The van der Waals surface area contributed by atoms with Crippen LogP contribution in [0.25, 0.3) is 5.82 Å². The van der Waals surface area contributed by atoms with Gasteiger partial charge >= 0.3 is 0 Å². The number of nitrogens with two attached hydrogens (primary N) is 1. The van der Waals surface area contributed by atoms with Crippen molar-refractivity contribution in [2.75, 3.05) is 12.5 Å². The minimum Gasteiger partial charge on any atom is -0.354 e. The van der Waals surface area contributed by atoms with E-state index < -0.39 is 0 Å². The molecule has 0 saturated carbocycles. The second kappa shape index (κ2) is 5.10. The zero-order valence-electron chi connectivity index (χ0n) is 9.38. The second-order valence-corrected chi connectivity index (χ2v) is 4.02. The summed E-state index contributed by atoms with van der Waals surface area (Å²) in [5.41, 5.74) is 2.72. The van der Waals surface area contributed by atoms with E-state index in [1.165, 1.54) is 11.0 Å². The second-order valence-electron chi connectivity index (χ2n) is 3.23. The first kappa shape index (κ1) is 12.5. The number of carbonyl (C=O) groups is 1. The van der Waals surface area contributed by atoms with Crippen LogP contribution in [-0.2, 0) is 0 Å². The van der Waals surface area contributed by atoms with Crippen molar-refractivity contribution in [2.24, 2.45) is 5.84 Å². The average Bonchev–Trinajstić information content (AvgIpc) is 2.87. The number of rotatable bonds is 3. The Hall–Kier alpha value is -2.00. The molecule has 0 fully saturated rings. The number of anilines is 1. The Bertz CT molecular complexity index is 582. The van der Waals surface area contributed by atoms with Crippen LogP contribution in [0.15, 0.2) is 23.1 Å². The molecule has 0 aliphatic rings. The molecule has 4 N–H and O–H groups in total. The Labute approximate surface area is 111 Å². The van der Waals surface area contributed by atoms with Gasteiger partial charge in [-0.15, -0.1) is 0 Å². The number of hydrogen-bond acceptors (Lipinski definition) is 6. The molecule has 0 saturated heterocycles. The number of carbonyl (C=O) groups excluding carboxylic acids is 1. The average molecular weight is 312 g/mol. The van der Waals surface area contributed by atoms with Gasteiger partial charge in [0, 0.05) is 13.2 Å². The Morgan fingerprint density at radius 1 is 1.50 bits per heavy atom. The van der Waals surface area contributed by atoms with E-state index in [4.69, 9.17) is 5.84 Å². The highest BCUT2D eigenvalue weighted by Crippen LogP contribution is 2.24. The Balaban J connectivity index is 2.43. The maximum atomic E-state index is 11.4. The van der Waals surface area contributed by atoms with Crippen LogP contribution in [0.4, 0.5) is 5.82 Å². The summed E-state index contributed by atoms with van der Waals surface area (Å²) in [6.45, 7) is 0. The van der Waals surface area contributed by atoms with Gasteiger partial charge in [0.1, 0.15) is 10.8 Å². The summed E-state index contributed by atoms with van der Waals surface area (Å²) < 4.78 is 2.01. The van der Waals surface area contributed by atoms with Crippen molar-refractivity contribution in [2.45, 2.75) is 0 Å². The van der Waals surface area contributed by atoms with E-state index in [0.29, 0.717) is 21.8 Å². The van der Waals surface area contributed by atoms with E-state index in [1.807, 2.05) is 0 Å². The van der Waals surface area contributed by atoms with Crippen molar-refractivity contribution in [3.63, 3.8) is 0 Å². The van der Waals surface area contributed by atoms with Crippen molar-refractivity contribution in [3.8, 4) is 5.82 Å². The molecule has 8 nitrogen and oxygen atoms in total. The normalized spacial score (nSPS) is 10.2. The number of amides is 1. The van der Waals surface area contributed by atoms with Crippen molar-refractivity contribution < 1.29 is 4.79 Å². The van der Waals surface area contributed by atoms with E-state index in [-0.39, 0.29) is 5.91 Å². The predicted octanol–water partition coefficient (Wildman–Crippen LogP) is 0.0700. The number of hydrazine groups is 1. The molecule has 0 aliphatic heterocycles. The molecule has 0 spiro atoms. The van der Waals surface area contributed by atoms with E-state index in [1.54, 1.807) is 19.3 Å². The van der Waals surface area contributed by atoms with Crippen LogP contribution < -0.4 is 16.6 Å². The lowest BCUT2D eigenvalue weighted by Crippen LogP contribution is -2.18. The third-order valence-electron chi connectivity index (χ3n) is 2.17. The first-order chi connectivity index (χ1) is 8.67. The maximum absolute atomic E-state index is 11.4. The third-order valence-corrected chi connectivity index (χ3v) is 2.90. The Morgan fingerprint density at radius 2 is 2.28 bits per heavy atom. The fourth-order valence-corrected chi connectivity index (χ4v) is 1.81. The van der Waals surface area contributed by atoms with E-state index in [2.05, 4.69) is 41.7 Å². The number of hydrogen-bond donors (Lipinski definition) is 3. The van der Waals surface area contributed by atoms with Crippen LogP contribution in [0.3, 0.4) is 0 Å². The SMILES string of the molecule is CNC(=O)c1ccn(-c2ncnc(NN)c2Br)n1. The number of halogens is 1.